The predicted molar refractivity (Wildman–Crippen MR) is 164 cm³/mol. The van der Waals surface area contributed by atoms with E-state index in [4.69, 9.17) is 9.47 Å². The molecular weight excluding hydrogens is 544 g/mol. The third kappa shape index (κ3) is 4.81. The first-order chi connectivity index (χ1) is 20.5. The highest BCUT2D eigenvalue weighted by Gasteiger charge is 2.56. The van der Waals surface area contributed by atoms with Gasteiger partial charge in [-0.3, -0.25) is 0 Å². The minimum atomic E-state index is -1.17. The number of hydrogen-bond donors (Lipinski definition) is 1. The van der Waals surface area contributed by atoms with Crippen LogP contribution in [0.25, 0.3) is 22.2 Å². The van der Waals surface area contributed by atoms with Crippen LogP contribution in [0.5, 0.6) is 5.75 Å². The van der Waals surface area contributed by atoms with E-state index in [1.165, 1.54) is 0 Å². The van der Waals surface area contributed by atoms with Gasteiger partial charge in [0.15, 0.2) is 12.3 Å². The summed E-state index contributed by atoms with van der Waals surface area (Å²) in [4.78, 5) is 15.0. The van der Waals surface area contributed by atoms with Crippen LogP contribution in [0, 0.1) is 16.7 Å². The molecule has 0 amide bonds. The number of fused-ring (bicyclic) bond motifs is 1. The molecule has 2 aromatic heterocycles. The lowest BCUT2D eigenvalue weighted by molar-refractivity contribution is -0.159. The Bertz CT molecular complexity index is 1650. The van der Waals surface area contributed by atoms with Crippen molar-refractivity contribution >= 4 is 22.6 Å². The summed E-state index contributed by atoms with van der Waals surface area (Å²) in [5, 5.41) is 29.2. The fraction of sp³-hybridized carbons (Fsp3) is 0.485. The maximum atomic E-state index is 12.6. The molecule has 10 nitrogen and oxygen atoms in total. The number of carboxylic acids is 1. The molecule has 10 heteroatoms. The summed E-state index contributed by atoms with van der Waals surface area (Å²) >= 11 is 0. The SMILES string of the molecule is COCOc1ccccc1-c1cc2ccc(N3CC4(CC(c5cn([C@@](C(=O)O)(C(C)C)C(C)(C)C)nn5)C4)C3)cc2nn1. The number of ether oxygens (including phenoxy) is 2. The summed E-state index contributed by atoms with van der Waals surface area (Å²) in [7, 11) is 1.60. The first-order valence-electron chi connectivity index (χ1n) is 14.9. The number of carbonyl (C=O) groups is 1. The van der Waals surface area contributed by atoms with Crippen molar-refractivity contribution < 1.29 is 19.4 Å². The van der Waals surface area contributed by atoms with E-state index in [0.29, 0.717) is 11.7 Å². The molecule has 6 rings (SSSR count). The van der Waals surface area contributed by atoms with Gasteiger partial charge in [0.05, 0.1) is 23.1 Å². The molecule has 2 fully saturated rings. The standard InChI is InChI=1S/C33H40N6O4/c1-21(2)33(30(40)41,31(3,4)5)39-17-28(36-37-39)23-15-32(16-23)18-38(19-32)24-12-11-22-13-27(35-34-26(22)14-24)25-9-7-8-10-29(25)43-20-42-6/h7-14,17,21,23H,15-16,18-20H2,1-6H3,(H,40,41)/t33-/m1/s1. The second kappa shape index (κ2) is 10.6. The summed E-state index contributed by atoms with van der Waals surface area (Å²) in [6.45, 7) is 11.9. The van der Waals surface area contributed by atoms with Crippen LogP contribution in [0.1, 0.15) is 59.1 Å². The van der Waals surface area contributed by atoms with Crippen LogP contribution >= 0.6 is 0 Å². The second-order valence-corrected chi connectivity index (χ2v) is 13.5. The molecule has 43 heavy (non-hydrogen) atoms. The van der Waals surface area contributed by atoms with Gasteiger partial charge in [-0.1, -0.05) is 58.0 Å². The van der Waals surface area contributed by atoms with Gasteiger partial charge in [0.25, 0.3) is 0 Å². The Morgan fingerprint density at radius 2 is 1.81 bits per heavy atom. The highest BCUT2D eigenvalue weighted by molar-refractivity contribution is 5.86. The van der Waals surface area contributed by atoms with Gasteiger partial charge >= 0.3 is 5.97 Å². The molecule has 1 spiro atoms. The molecule has 226 valence electrons. The van der Waals surface area contributed by atoms with E-state index < -0.39 is 16.9 Å². The number of nitrogens with zero attached hydrogens (tertiary/aromatic N) is 6. The molecule has 1 aliphatic carbocycles. The summed E-state index contributed by atoms with van der Waals surface area (Å²) < 4.78 is 12.4. The first-order valence-corrected chi connectivity index (χ1v) is 14.9. The van der Waals surface area contributed by atoms with Gasteiger partial charge in [-0.25, -0.2) is 9.48 Å². The van der Waals surface area contributed by atoms with Gasteiger partial charge < -0.3 is 19.5 Å². The Hall–Kier alpha value is -4.05. The number of carboxylic acid groups (broad SMARTS) is 1. The van der Waals surface area contributed by atoms with Crippen molar-refractivity contribution in [2.75, 3.05) is 31.9 Å². The van der Waals surface area contributed by atoms with E-state index in [1.807, 2.05) is 71.1 Å². The first kappa shape index (κ1) is 29.0. The van der Waals surface area contributed by atoms with E-state index >= 15 is 0 Å². The number of hydrogen-bond acceptors (Lipinski definition) is 8. The zero-order valence-corrected chi connectivity index (χ0v) is 25.7. The lowest BCUT2D eigenvalue weighted by Crippen LogP contribution is -2.62. The Morgan fingerprint density at radius 1 is 1.07 bits per heavy atom. The summed E-state index contributed by atoms with van der Waals surface area (Å²) in [6.07, 6.45) is 3.94. The third-order valence-electron chi connectivity index (χ3n) is 9.44. The van der Waals surface area contributed by atoms with Gasteiger partial charge in [-0.2, -0.15) is 0 Å². The van der Waals surface area contributed by atoms with Crippen molar-refractivity contribution in [2.45, 2.75) is 58.9 Å². The van der Waals surface area contributed by atoms with Crippen molar-refractivity contribution in [1.82, 2.24) is 25.2 Å². The van der Waals surface area contributed by atoms with Crippen LogP contribution in [-0.4, -0.2) is 63.3 Å². The van der Waals surface area contributed by atoms with Crippen molar-refractivity contribution in [1.29, 1.82) is 0 Å². The fourth-order valence-electron chi connectivity index (χ4n) is 7.45. The summed E-state index contributed by atoms with van der Waals surface area (Å²) in [5.41, 5.74) is 3.07. The maximum Gasteiger partial charge on any atom is 0.332 e. The van der Waals surface area contributed by atoms with Crippen molar-refractivity contribution in [2.24, 2.45) is 16.7 Å². The van der Waals surface area contributed by atoms with Gasteiger partial charge in [-0.15, -0.1) is 15.3 Å². The highest BCUT2D eigenvalue weighted by atomic mass is 16.7. The quantitative estimate of drug-likeness (QED) is 0.246. The van der Waals surface area contributed by atoms with Gasteiger partial charge in [0.2, 0.25) is 0 Å². The molecule has 1 saturated heterocycles. The van der Waals surface area contributed by atoms with E-state index in [1.54, 1.807) is 11.8 Å². The molecule has 1 aliphatic heterocycles. The van der Waals surface area contributed by atoms with Crippen molar-refractivity contribution in [3.8, 4) is 17.0 Å². The molecule has 2 aromatic carbocycles. The zero-order valence-electron chi connectivity index (χ0n) is 25.7. The molecule has 0 unspecified atom stereocenters. The largest absolute Gasteiger partial charge is 0.479 e. The van der Waals surface area contributed by atoms with E-state index in [2.05, 4.69) is 43.6 Å². The fourth-order valence-corrected chi connectivity index (χ4v) is 7.45. The van der Waals surface area contributed by atoms with Crippen LogP contribution in [0.4, 0.5) is 5.69 Å². The molecule has 2 aliphatic rings. The number of rotatable bonds is 9. The number of methoxy groups -OCH3 is 1. The average Bonchev–Trinajstić information content (AvgIpc) is 3.38. The second-order valence-electron chi connectivity index (χ2n) is 13.5. The van der Waals surface area contributed by atoms with Gasteiger partial charge in [0, 0.05) is 48.2 Å². The monoisotopic (exact) mass is 584 g/mol. The van der Waals surface area contributed by atoms with Crippen LogP contribution in [0.15, 0.2) is 54.7 Å². The topological polar surface area (TPSA) is 115 Å². The van der Waals surface area contributed by atoms with Crippen LogP contribution < -0.4 is 9.64 Å². The number of para-hydroxylation sites is 1. The van der Waals surface area contributed by atoms with Crippen molar-refractivity contribution in [3.63, 3.8) is 0 Å². The predicted octanol–water partition coefficient (Wildman–Crippen LogP) is 5.74. The molecule has 1 N–H and O–H groups in total. The van der Waals surface area contributed by atoms with E-state index in [0.717, 1.165) is 59.5 Å². The summed E-state index contributed by atoms with van der Waals surface area (Å²) in [6, 6.07) is 16.2. The summed E-state index contributed by atoms with van der Waals surface area (Å²) in [5.74, 6) is -0.0249. The zero-order chi connectivity index (χ0) is 30.6. The molecule has 0 bridgehead atoms. The lowest BCUT2D eigenvalue weighted by Gasteiger charge is -2.59. The molecule has 1 atom stereocenters. The van der Waals surface area contributed by atoms with E-state index in [-0.39, 0.29) is 18.1 Å². The highest BCUT2D eigenvalue weighted by Crippen LogP contribution is 2.57. The average molecular weight is 585 g/mol. The third-order valence-corrected chi connectivity index (χ3v) is 9.44. The van der Waals surface area contributed by atoms with Crippen molar-refractivity contribution in [3.05, 3.63) is 60.4 Å². The number of aliphatic carboxylic acids is 1. The molecular formula is C33H40N6O4. The molecule has 3 heterocycles. The van der Waals surface area contributed by atoms with Crippen LogP contribution in [0.3, 0.4) is 0 Å². The maximum absolute atomic E-state index is 12.6. The molecule has 1 saturated carbocycles. The van der Waals surface area contributed by atoms with Gasteiger partial charge in [-0.05, 0) is 54.5 Å². The molecule has 0 radical (unpaired) electrons. The number of benzene rings is 2. The Kier molecular flexibility index (Phi) is 7.15. The minimum Gasteiger partial charge on any atom is -0.479 e. The number of anilines is 1. The normalized spacial score (nSPS) is 18.0. The van der Waals surface area contributed by atoms with Crippen LogP contribution in [0.2, 0.25) is 0 Å². The molecule has 4 aromatic rings. The van der Waals surface area contributed by atoms with E-state index in [9.17, 15) is 9.90 Å². The van der Waals surface area contributed by atoms with Gasteiger partial charge in [0.1, 0.15) is 5.75 Å². The van der Waals surface area contributed by atoms with Crippen LogP contribution in [-0.2, 0) is 15.1 Å². The Morgan fingerprint density at radius 3 is 2.49 bits per heavy atom. The Balaban J connectivity index is 1.12. The number of aromatic nitrogens is 5. The minimum absolute atomic E-state index is 0.156. The lowest BCUT2D eigenvalue weighted by atomic mass is 9.57. The smallest absolute Gasteiger partial charge is 0.332 e. The Labute approximate surface area is 252 Å².